The lowest BCUT2D eigenvalue weighted by atomic mass is 10.1. The SMILES string of the molecule is C=C(O)C(F)(F)F.Cc1ccccc1S(=O)(=O)Nc1ccc2nc(Cc3ccc(Oc4ccccc4)cc3)[nH]c2c1. The highest BCUT2D eigenvalue weighted by Gasteiger charge is 2.31. The lowest BCUT2D eigenvalue weighted by Crippen LogP contribution is -2.14. The summed E-state index contributed by atoms with van der Waals surface area (Å²) < 4.78 is 66.6. The maximum atomic E-state index is 12.8. The van der Waals surface area contributed by atoms with E-state index in [2.05, 4.69) is 21.3 Å². The van der Waals surface area contributed by atoms with Gasteiger partial charge in [-0.15, -0.1) is 0 Å². The van der Waals surface area contributed by atoms with E-state index in [1.807, 2.05) is 66.7 Å². The van der Waals surface area contributed by atoms with Gasteiger partial charge in [-0.25, -0.2) is 13.4 Å². The second kappa shape index (κ2) is 12.2. The van der Waals surface area contributed by atoms with Gasteiger partial charge in [0, 0.05) is 6.42 Å². The van der Waals surface area contributed by atoms with E-state index in [9.17, 15) is 21.6 Å². The Morgan fingerprint density at radius 3 is 2.20 bits per heavy atom. The molecule has 1 aromatic heterocycles. The Labute approximate surface area is 235 Å². The van der Waals surface area contributed by atoms with Crippen LogP contribution in [0.25, 0.3) is 11.0 Å². The van der Waals surface area contributed by atoms with Gasteiger partial charge in [-0.3, -0.25) is 4.72 Å². The number of rotatable bonds is 7. The molecular formula is C30H26F3N3O4S. The fraction of sp³-hybridized carbons (Fsp3) is 0.100. The van der Waals surface area contributed by atoms with E-state index in [4.69, 9.17) is 9.84 Å². The van der Waals surface area contributed by atoms with Gasteiger partial charge in [0.05, 0.1) is 21.6 Å². The fourth-order valence-corrected chi connectivity index (χ4v) is 5.07. The number of halogens is 3. The number of fused-ring (bicyclic) bond motifs is 1. The van der Waals surface area contributed by atoms with Crippen LogP contribution < -0.4 is 9.46 Å². The van der Waals surface area contributed by atoms with Crippen molar-refractivity contribution in [2.45, 2.75) is 24.4 Å². The molecule has 0 fully saturated rings. The van der Waals surface area contributed by atoms with Gasteiger partial charge in [0.25, 0.3) is 10.0 Å². The Morgan fingerprint density at radius 1 is 0.951 bits per heavy atom. The monoisotopic (exact) mass is 581 g/mol. The van der Waals surface area contributed by atoms with Gasteiger partial charge >= 0.3 is 6.18 Å². The number of ether oxygens (including phenoxy) is 1. The summed E-state index contributed by atoms with van der Waals surface area (Å²) in [6.45, 7) is 4.03. The number of benzene rings is 4. The number of nitrogens with one attached hydrogen (secondary N) is 2. The molecule has 0 saturated carbocycles. The number of imidazole rings is 1. The minimum absolute atomic E-state index is 0.264. The second-order valence-electron chi connectivity index (χ2n) is 8.97. The van der Waals surface area contributed by atoms with Crippen LogP contribution in [0.5, 0.6) is 11.5 Å². The van der Waals surface area contributed by atoms with Crippen LogP contribution in [0.3, 0.4) is 0 Å². The highest BCUT2D eigenvalue weighted by Crippen LogP contribution is 2.25. The first-order valence-electron chi connectivity index (χ1n) is 12.2. The summed E-state index contributed by atoms with van der Waals surface area (Å²) in [5, 5.41) is 7.57. The van der Waals surface area contributed by atoms with Crippen molar-refractivity contribution < 1.29 is 31.4 Å². The molecule has 212 valence electrons. The molecule has 0 atom stereocenters. The first-order valence-corrected chi connectivity index (χ1v) is 13.7. The van der Waals surface area contributed by atoms with Crippen molar-refractivity contribution in [3.8, 4) is 11.5 Å². The van der Waals surface area contributed by atoms with Crippen molar-refractivity contribution in [1.29, 1.82) is 0 Å². The number of para-hydroxylation sites is 1. The zero-order valence-electron chi connectivity index (χ0n) is 21.8. The molecule has 7 nitrogen and oxygen atoms in total. The maximum absolute atomic E-state index is 12.8. The Hall–Kier alpha value is -4.77. The Balaban J connectivity index is 0.000000493. The van der Waals surface area contributed by atoms with Crippen LogP contribution in [0.1, 0.15) is 17.0 Å². The maximum Gasteiger partial charge on any atom is 0.448 e. The van der Waals surface area contributed by atoms with Crippen molar-refractivity contribution in [2.24, 2.45) is 0 Å². The first-order chi connectivity index (χ1) is 19.4. The van der Waals surface area contributed by atoms with Gasteiger partial charge in [0.15, 0.2) is 5.76 Å². The van der Waals surface area contributed by atoms with Gasteiger partial charge < -0.3 is 14.8 Å². The van der Waals surface area contributed by atoms with E-state index in [-0.39, 0.29) is 4.90 Å². The number of aromatic nitrogens is 2. The van der Waals surface area contributed by atoms with Gasteiger partial charge in [-0.05, 0) is 66.6 Å². The number of alkyl halides is 3. The molecular weight excluding hydrogens is 555 g/mol. The predicted octanol–water partition coefficient (Wildman–Crippen LogP) is 7.68. The van der Waals surface area contributed by atoms with E-state index in [1.165, 1.54) is 0 Å². The molecule has 0 saturated heterocycles. The van der Waals surface area contributed by atoms with Crippen molar-refractivity contribution in [3.05, 3.63) is 126 Å². The van der Waals surface area contributed by atoms with Crippen LogP contribution in [-0.2, 0) is 16.4 Å². The van der Waals surface area contributed by atoms with E-state index in [1.54, 1.807) is 37.3 Å². The topological polar surface area (TPSA) is 104 Å². The van der Waals surface area contributed by atoms with Crippen LogP contribution in [0.4, 0.5) is 18.9 Å². The Kier molecular flexibility index (Phi) is 8.68. The molecule has 0 radical (unpaired) electrons. The molecule has 0 bridgehead atoms. The first kappa shape index (κ1) is 29.2. The average molecular weight is 582 g/mol. The highest BCUT2D eigenvalue weighted by molar-refractivity contribution is 7.92. The number of H-pyrrole nitrogens is 1. The summed E-state index contributed by atoms with van der Waals surface area (Å²) in [4.78, 5) is 8.21. The summed E-state index contributed by atoms with van der Waals surface area (Å²) in [7, 11) is -3.68. The number of aromatic amines is 1. The smallest absolute Gasteiger partial charge is 0.448 e. The molecule has 11 heteroatoms. The van der Waals surface area contributed by atoms with Gasteiger partial charge in [-0.2, -0.15) is 13.2 Å². The molecule has 0 aliphatic heterocycles. The third-order valence-corrected chi connectivity index (χ3v) is 7.31. The number of sulfonamides is 1. The fourth-order valence-electron chi connectivity index (χ4n) is 3.77. The molecule has 0 spiro atoms. The number of allylic oxidation sites excluding steroid dienone is 1. The number of hydrogen-bond acceptors (Lipinski definition) is 5. The summed E-state index contributed by atoms with van der Waals surface area (Å²) in [6.07, 6.45) is -4.02. The van der Waals surface area contributed by atoms with Crippen LogP contribution in [0.2, 0.25) is 0 Å². The molecule has 0 amide bonds. The van der Waals surface area contributed by atoms with Crippen LogP contribution >= 0.6 is 0 Å². The van der Waals surface area contributed by atoms with Gasteiger partial charge in [-0.1, -0.05) is 55.1 Å². The van der Waals surface area contributed by atoms with Crippen LogP contribution in [0.15, 0.2) is 114 Å². The minimum atomic E-state index is -4.64. The molecule has 1 heterocycles. The molecule has 5 aromatic rings. The van der Waals surface area contributed by atoms with Crippen molar-refractivity contribution in [2.75, 3.05) is 4.72 Å². The van der Waals surface area contributed by atoms with Gasteiger partial charge in [0.1, 0.15) is 17.3 Å². The predicted molar refractivity (Wildman–Crippen MR) is 152 cm³/mol. The molecule has 41 heavy (non-hydrogen) atoms. The summed E-state index contributed by atoms with van der Waals surface area (Å²) >= 11 is 0. The molecule has 0 unspecified atom stereocenters. The second-order valence-corrected chi connectivity index (χ2v) is 10.6. The minimum Gasteiger partial charge on any atom is -0.505 e. The average Bonchev–Trinajstić information content (AvgIpc) is 3.31. The largest absolute Gasteiger partial charge is 0.505 e. The molecule has 0 aliphatic rings. The summed E-state index contributed by atoms with van der Waals surface area (Å²) in [5.41, 5.74) is 3.80. The summed E-state index contributed by atoms with van der Waals surface area (Å²) in [5.74, 6) is 0.602. The number of nitrogens with zero attached hydrogens (tertiary/aromatic N) is 1. The lowest BCUT2D eigenvalue weighted by Gasteiger charge is -2.10. The third-order valence-electron chi connectivity index (χ3n) is 5.77. The van der Waals surface area contributed by atoms with Crippen molar-refractivity contribution in [1.82, 2.24) is 9.97 Å². The Bertz CT molecular complexity index is 1750. The quantitative estimate of drug-likeness (QED) is 0.171. The molecule has 4 aromatic carbocycles. The zero-order valence-corrected chi connectivity index (χ0v) is 22.6. The number of aliphatic hydroxyl groups excluding tert-OH is 1. The van der Waals surface area contributed by atoms with E-state index < -0.39 is 22.0 Å². The van der Waals surface area contributed by atoms with Gasteiger partial charge in [0.2, 0.25) is 0 Å². The van der Waals surface area contributed by atoms with Crippen molar-refractivity contribution >= 4 is 26.7 Å². The Morgan fingerprint density at radius 2 is 1.56 bits per heavy atom. The zero-order chi connectivity index (χ0) is 29.6. The van der Waals surface area contributed by atoms with E-state index in [0.29, 0.717) is 17.7 Å². The summed E-state index contributed by atoms with van der Waals surface area (Å²) in [6, 6.07) is 29.7. The van der Waals surface area contributed by atoms with Crippen LogP contribution in [0, 0.1) is 6.92 Å². The number of aryl methyl sites for hydroxylation is 1. The number of hydrogen-bond donors (Lipinski definition) is 3. The highest BCUT2D eigenvalue weighted by atomic mass is 32.2. The normalized spacial score (nSPS) is 11.4. The van der Waals surface area contributed by atoms with Crippen LogP contribution in [-0.4, -0.2) is 29.7 Å². The number of anilines is 1. The number of aliphatic hydroxyl groups is 1. The molecule has 3 N–H and O–H groups in total. The molecule has 0 aliphatic carbocycles. The van der Waals surface area contributed by atoms with E-state index >= 15 is 0 Å². The lowest BCUT2D eigenvalue weighted by molar-refractivity contribution is -0.119. The standard InChI is InChI=1S/C27H23N3O3S.C3H3F3O/c1-19-7-5-6-10-26(19)34(31,32)30-21-13-16-24-25(18-21)29-27(28-24)17-20-11-14-23(15-12-20)33-22-8-3-2-4-9-22;1-2(7)3(4,5)6/h2-16,18,30H,17H2,1H3,(H,28,29);7H,1H2. The third kappa shape index (κ3) is 7.89. The van der Waals surface area contributed by atoms with Crippen molar-refractivity contribution in [3.63, 3.8) is 0 Å². The molecule has 5 rings (SSSR count). The van der Waals surface area contributed by atoms with E-state index in [0.717, 1.165) is 33.9 Å².